The smallest absolute Gasteiger partial charge is 0.328 e. The number of nitrogens with zero attached hydrogens (tertiary/aromatic N) is 2. The quantitative estimate of drug-likeness (QED) is 0.437. The van der Waals surface area contributed by atoms with E-state index in [0.29, 0.717) is 11.8 Å². The van der Waals surface area contributed by atoms with Crippen LogP contribution in [-0.2, 0) is 9.53 Å². The number of hydrogen-bond acceptors (Lipinski definition) is 8. The summed E-state index contributed by atoms with van der Waals surface area (Å²) in [6.45, 7) is 3.87. The van der Waals surface area contributed by atoms with E-state index in [1.165, 1.54) is 18.4 Å². The van der Waals surface area contributed by atoms with E-state index in [1.54, 1.807) is 0 Å². The lowest BCUT2D eigenvalue weighted by Crippen LogP contribution is -2.35. The maximum absolute atomic E-state index is 11.8. The summed E-state index contributed by atoms with van der Waals surface area (Å²) in [5.41, 5.74) is 3.19. The average molecular weight is 295 g/mol. The highest BCUT2D eigenvalue weighted by Crippen LogP contribution is 2.28. The summed E-state index contributed by atoms with van der Waals surface area (Å²) in [6.07, 6.45) is 0. The summed E-state index contributed by atoms with van der Waals surface area (Å²) < 4.78 is 5.69. The molecular formula is C12H17N5O2S. The Labute approximate surface area is 120 Å². The molecule has 0 saturated heterocycles. The van der Waals surface area contributed by atoms with Crippen molar-refractivity contribution < 1.29 is 9.53 Å². The lowest BCUT2D eigenvalue weighted by Gasteiger charge is -2.20. The van der Waals surface area contributed by atoms with E-state index >= 15 is 0 Å². The molecule has 7 nitrogen and oxygen atoms in total. The van der Waals surface area contributed by atoms with Gasteiger partial charge in [-0.05, 0) is 17.4 Å². The first kappa shape index (κ1) is 14.5. The van der Waals surface area contributed by atoms with Crippen molar-refractivity contribution in [3.63, 3.8) is 0 Å². The van der Waals surface area contributed by atoms with Gasteiger partial charge in [0.1, 0.15) is 11.9 Å². The molecule has 0 aliphatic heterocycles. The van der Waals surface area contributed by atoms with Gasteiger partial charge in [0.2, 0.25) is 5.95 Å². The molecule has 0 saturated carbocycles. The van der Waals surface area contributed by atoms with Gasteiger partial charge >= 0.3 is 5.97 Å². The van der Waals surface area contributed by atoms with E-state index in [2.05, 4.69) is 20.7 Å². The summed E-state index contributed by atoms with van der Waals surface area (Å²) in [5, 5.41) is 5.03. The summed E-state index contributed by atoms with van der Waals surface area (Å²) in [7, 11) is 1.37. The zero-order chi connectivity index (χ0) is 14.7. The van der Waals surface area contributed by atoms with Crippen molar-refractivity contribution in [1.82, 2.24) is 9.97 Å². The second kappa shape index (κ2) is 6.02. The van der Waals surface area contributed by atoms with Crippen molar-refractivity contribution in [2.24, 2.45) is 11.8 Å². The van der Waals surface area contributed by atoms with E-state index in [-0.39, 0.29) is 11.9 Å². The van der Waals surface area contributed by atoms with E-state index in [9.17, 15) is 4.79 Å². The number of hydrazine groups is 1. The van der Waals surface area contributed by atoms with Crippen molar-refractivity contribution in [2.45, 2.75) is 19.9 Å². The molecule has 4 N–H and O–H groups in total. The summed E-state index contributed by atoms with van der Waals surface area (Å²) in [5.74, 6) is 5.96. The second-order valence-corrected chi connectivity index (χ2v) is 5.48. The number of nitrogen functional groups attached to an aromatic ring is 1. The van der Waals surface area contributed by atoms with Gasteiger partial charge in [0.05, 0.1) is 17.3 Å². The molecule has 0 bridgehead atoms. The largest absolute Gasteiger partial charge is 0.467 e. The van der Waals surface area contributed by atoms with Gasteiger partial charge < -0.3 is 10.1 Å². The summed E-state index contributed by atoms with van der Waals surface area (Å²) >= 11 is 1.50. The Morgan fingerprint density at radius 1 is 1.45 bits per heavy atom. The number of rotatable bonds is 5. The number of anilines is 2. The fourth-order valence-electron chi connectivity index (χ4n) is 1.80. The predicted octanol–water partition coefficient (Wildman–Crippen LogP) is 1.59. The van der Waals surface area contributed by atoms with Gasteiger partial charge in [-0.3, -0.25) is 5.43 Å². The van der Waals surface area contributed by atoms with Crippen LogP contribution in [-0.4, -0.2) is 29.1 Å². The third-order valence-electron chi connectivity index (χ3n) is 2.85. The fraction of sp³-hybridized carbons (Fsp3) is 0.417. The predicted molar refractivity (Wildman–Crippen MR) is 79.5 cm³/mol. The Morgan fingerprint density at radius 2 is 2.20 bits per heavy atom. The molecule has 108 valence electrons. The zero-order valence-electron chi connectivity index (χ0n) is 11.5. The second-order valence-electron chi connectivity index (χ2n) is 4.56. The topological polar surface area (TPSA) is 102 Å². The number of hydrogen-bond donors (Lipinski definition) is 3. The number of thiophene rings is 1. The molecule has 0 aromatic carbocycles. The number of carbonyl (C=O) groups excluding carboxylic acids is 1. The molecule has 0 amide bonds. The van der Waals surface area contributed by atoms with Crippen LogP contribution >= 0.6 is 11.3 Å². The van der Waals surface area contributed by atoms with Gasteiger partial charge in [0.25, 0.3) is 0 Å². The van der Waals surface area contributed by atoms with Crippen molar-refractivity contribution in [2.75, 3.05) is 17.9 Å². The lowest BCUT2D eigenvalue weighted by atomic mass is 10.0. The molecule has 2 heterocycles. The summed E-state index contributed by atoms with van der Waals surface area (Å²) in [4.78, 5) is 20.3. The SMILES string of the molecule is COC(=O)C(Nc1nc(NN)nc2ccsc12)C(C)C. The average Bonchev–Trinajstić information content (AvgIpc) is 2.91. The maximum atomic E-state index is 11.8. The fourth-order valence-corrected chi connectivity index (χ4v) is 2.58. The van der Waals surface area contributed by atoms with Crippen LogP contribution in [0.1, 0.15) is 13.8 Å². The molecule has 2 aromatic heterocycles. The Kier molecular flexibility index (Phi) is 4.35. The zero-order valence-corrected chi connectivity index (χ0v) is 12.3. The first-order chi connectivity index (χ1) is 9.56. The minimum atomic E-state index is -0.481. The minimum absolute atomic E-state index is 0.0571. The van der Waals surface area contributed by atoms with Crippen LogP contribution in [0.3, 0.4) is 0 Å². The third kappa shape index (κ3) is 2.81. The highest BCUT2D eigenvalue weighted by atomic mass is 32.1. The van der Waals surface area contributed by atoms with Gasteiger partial charge in [0.15, 0.2) is 0 Å². The van der Waals surface area contributed by atoms with Gasteiger partial charge in [0, 0.05) is 0 Å². The first-order valence-electron chi connectivity index (χ1n) is 6.13. The number of fused-ring (bicyclic) bond motifs is 1. The van der Waals surface area contributed by atoms with Crippen molar-refractivity contribution >= 4 is 39.3 Å². The van der Waals surface area contributed by atoms with Crippen LogP contribution in [0, 0.1) is 5.92 Å². The van der Waals surface area contributed by atoms with Crippen molar-refractivity contribution in [3.8, 4) is 0 Å². The number of carbonyl (C=O) groups is 1. The maximum Gasteiger partial charge on any atom is 0.328 e. The Hall–Kier alpha value is -1.93. The number of esters is 1. The van der Waals surface area contributed by atoms with E-state index in [0.717, 1.165) is 10.2 Å². The van der Waals surface area contributed by atoms with Gasteiger partial charge in [-0.25, -0.2) is 15.6 Å². The third-order valence-corrected chi connectivity index (χ3v) is 3.76. The monoisotopic (exact) mass is 295 g/mol. The number of nitrogens with two attached hydrogens (primary N) is 1. The van der Waals surface area contributed by atoms with Crippen LogP contribution in [0.15, 0.2) is 11.4 Å². The van der Waals surface area contributed by atoms with Crippen LogP contribution in [0.2, 0.25) is 0 Å². The standard InChI is InChI=1S/C12H17N5O2S/c1-6(2)8(11(18)19-3)15-10-9-7(4-5-20-9)14-12(16-10)17-13/h4-6,8H,13H2,1-3H3,(H2,14,15,16,17). The Morgan fingerprint density at radius 3 is 2.80 bits per heavy atom. The Bertz CT molecular complexity index is 613. The van der Waals surface area contributed by atoms with E-state index < -0.39 is 6.04 Å². The number of aromatic nitrogens is 2. The van der Waals surface area contributed by atoms with Crippen molar-refractivity contribution in [3.05, 3.63) is 11.4 Å². The van der Waals surface area contributed by atoms with Crippen LogP contribution in [0.5, 0.6) is 0 Å². The van der Waals surface area contributed by atoms with E-state index in [1.807, 2.05) is 25.3 Å². The molecular weight excluding hydrogens is 278 g/mol. The van der Waals surface area contributed by atoms with E-state index in [4.69, 9.17) is 10.6 Å². The minimum Gasteiger partial charge on any atom is -0.467 e. The van der Waals surface area contributed by atoms with Gasteiger partial charge in [-0.1, -0.05) is 13.8 Å². The number of ether oxygens (including phenoxy) is 1. The molecule has 2 aromatic rings. The van der Waals surface area contributed by atoms with Crippen LogP contribution in [0.25, 0.3) is 10.2 Å². The van der Waals surface area contributed by atoms with Crippen LogP contribution < -0.4 is 16.6 Å². The first-order valence-corrected chi connectivity index (χ1v) is 7.01. The molecule has 0 spiro atoms. The van der Waals surface area contributed by atoms with Crippen LogP contribution in [0.4, 0.5) is 11.8 Å². The van der Waals surface area contributed by atoms with Crippen molar-refractivity contribution in [1.29, 1.82) is 0 Å². The molecule has 20 heavy (non-hydrogen) atoms. The normalized spacial score (nSPS) is 12.4. The molecule has 0 fully saturated rings. The highest BCUT2D eigenvalue weighted by Gasteiger charge is 2.24. The Balaban J connectivity index is 2.40. The molecule has 0 aliphatic carbocycles. The van der Waals surface area contributed by atoms with Gasteiger partial charge in [-0.15, -0.1) is 11.3 Å². The summed E-state index contributed by atoms with van der Waals surface area (Å²) in [6, 6.07) is 1.39. The molecule has 0 aliphatic rings. The molecule has 2 rings (SSSR count). The molecule has 1 atom stereocenters. The lowest BCUT2D eigenvalue weighted by molar-refractivity contribution is -0.142. The number of methoxy groups -OCH3 is 1. The molecule has 1 unspecified atom stereocenters. The highest BCUT2D eigenvalue weighted by molar-refractivity contribution is 7.17. The molecule has 0 radical (unpaired) electrons. The number of nitrogens with one attached hydrogen (secondary N) is 2. The van der Waals surface area contributed by atoms with Gasteiger partial charge in [-0.2, -0.15) is 4.98 Å². The molecule has 8 heteroatoms.